The van der Waals surface area contributed by atoms with Gasteiger partial charge < -0.3 is 4.98 Å². The van der Waals surface area contributed by atoms with Crippen LogP contribution in [0.15, 0.2) is 18.2 Å². The molecule has 2 aromatic rings. The minimum atomic E-state index is -0.325. The third-order valence-corrected chi connectivity index (χ3v) is 3.42. The van der Waals surface area contributed by atoms with Crippen molar-refractivity contribution in [2.75, 3.05) is 0 Å². The minimum absolute atomic E-state index is 0.247. The molecule has 0 saturated carbocycles. The molecular formula is C13H13N3O2. The second-order valence-electron chi connectivity index (χ2n) is 4.53. The van der Waals surface area contributed by atoms with Crippen molar-refractivity contribution in [2.24, 2.45) is 5.84 Å². The highest BCUT2D eigenvalue weighted by molar-refractivity contribution is 6.00. The first-order chi connectivity index (χ1) is 8.69. The molecule has 4 N–H and O–H groups in total. The van der Waals surface area contributed by atoms with E-state index in [9.17, 15) is 9.59 Å². The van der Waals surface area contributed by atoms with E-state index in [2.05, 4.69) is 10.4 Å². The molecule has 0 bridgehead atoms. The third kappa shape index (κ3) is 1.60. The maximum atomic E-state index is 11.5. The van der Waals surface area contributed by atoms with Crippen LogP contribution in [-0.4, -0.2) is 16.7 Å². The van der Waals surface area contributed by atoms with Crippen LogP contribution in [0.4, 0.5) is 0 Å². The summed E-state index contributed by atoms with van der Waals surface area (Å²) in [6, 6.07) is 5.35. The summed E-state index contributed by atoms with van der Waals surface area (Å²) in [7, 11) is 0. The first-order valence-electron chi connectivity index (χ1n) is 5.85. The predicted octanol–water partition coefficient (Wildman–Crippen LogP) is 0.829. The molecule has 3 rings (SSSR count). The quantitative estimate of drug-likeness (QED) is 0.394. The average Bonchev–Trinajstić information content (AvgIpc) is 2.75. The number of hydrogen-bond donors (Lipinski definition) is 3. The second kappa shape index (κ2) is 3.96. The number of nitrogens with one attached hydrogen (secondary N) is 2. The monoisotopic (exact) mass is 243 g/mol. The summed E-state index contributed by atoms with van der Waals surface area (Å²) in [4.78, 5) is 26.3. The topological polar surface area (TPSA) is 88.0 Å². The number of aryl methyl sites for hydroxylation is 1. The Bertz CT molecular complexity index is 658. The first kappa shape index (κ1) is 11.0. The highest BCUT2D eigenvalue weighted by Gasteiger charge is 2.20. The highest BCUT2D eigenvalue weighted by atomic mass is 16.2. The van der Waals surface area contributed by atoms with Crippen molar-refractivity contribution in [2.45, 2.75) is 19.3 Å². The van der Waals surface area contributed by atoms with Crippen LogP contribution in [0.25, 0.3) is 10.9 Å². The van der Waals surface area contributed by atoms with Crippen LogP contribution in [0.5, 0.6) is 0 Å². The first-order valence-corrected chi connectivity index (χ1v) is 5.85. The number of ketones is 1. The van der Waals surface area contributed by atoms with Gasteiger partial charge in [-0.2, -0.15) is 0 Å². The van der Waals surface area contributed by atoms with Crippen LogP contribution < -0.4 is 11.3 Å². The van der Waals surface area contributed by atoms with E-state index in [1.807, 2.05) is 6.07 Å². The number of rotatable bonds is 1. The number of amides is 1. The number of hydrazine groups is 1. The van der Waals surface area contributed by atoms with Gasteiger partial charge in [-0.3, -0.25) is 15.0 Å². The number of Topliss-reactive ketones (excluding diaryl/α,β-unsaturated/α-hetero) is 1. The van der Waals surface area contributed by atoms with Gasteiger partial charge in [-0.1, -0.05) is 0 Å². The van der Waals surface area contributed by atoms with Gasteiger partial charge in [0.15, 0.2) is 0 Å². The highest BCUT2D eigenvalue weighted by Crippen LogP contribution is 2.28. The van der Waals surface area contributed by atoms with Crippen molar-refractivity contribution < 1.29 is 9.59 Å². The van der Waals surface area contributed by atoms with E-state index in [0.29, 0.717) is 18.4 Å². The molecule has 0 saturated heterocycles. The summed E-state index contributed by atoms with van der Waals surface area (Å²) in [5.41, 5.74) is 5.70. The van der Waals surface area contributed by atoms with E-state index in [1.165, 1.54) is 0 Å². The van der Waals surface area contributed by atoms with Crippen LogP contribution >= 0.6 is 0 Å². The Morgan fingerprint density at radius 2 is 2.17 bits per heavy atom. The molecule has 0 unspecified atom stereocenters. The number of fused-ring (bicyclic) bond motifs is 3. The van der Waals surface area contributed by atoms with E-state index < -0.39 is 0 Å². The molecule has 0 fully saturated rings. The van der Waals surface area contributed by atoms with Gasteiger partial charge in [0.1, 0.15) is 5.78 Å². The van der Waals surface area contributed by atoms with Gasteiger partial charge in [-0.15, -0.1) is 0 Å². The number of nitrogens with two attached hydrogens (primary N) is 1. The fraction of sp³-hybridized carbons (Fsp3) is 0.231. The SMILES string of the molecule is NNC(=O)c1ccc2[nH]c3c(c2c1)CC(=O)CC3. The Kier molecular flexibility index (Phi) is 2.41. The Balaban J connectivity index is 2.18. The summed E-state index contributed by atoms with van der Waals surface area (Å²) in [6.45, 7) is 0. The number of nitrogen functional groups attached to an aromatic ring is 1. The summed E-state index contributed by atoms with van der Waals surface area (Å²) in [5.74, 6) is 5.04. The maximum absolute atomic E-state index is 11.5. The van der Waals surface area contributed by atoms with Crippen LogP contribution in [0.2, 0.25) is 0 Å². The zero-order valence-electron chi connectivity index (χ0n) is 9.75. The molecule has 0 spiro atoms. The fourth-order valence-corrected chi connectivity index (χ4v) is 2.49. The molecule has 1 aromatic carbocycles. The molecule has 0 aliphatic heterocycles. The number of H-pyrrole nitrogens is 1. The zero-order chi connectivity index (χ0) is 12.7. The summed E-state index contributed by atoms with van der Waals surface area (Å²) < 4.78 is 0. The maximum Gasteiger partial charge on any atom is 0.265 e. The lowest BCUT2D eigenvalue weighted by Gasteiger charge is -2.09. The van der Waals surface area contributed by atoms with Crippen molar-refractivity contribution in [1.82, 2.24) is 10.4 Å². The lowest BCUT2D eigenvalue weighted by atomic mass is 9.94. The molecule has 5 heteroatoms. The molecule has 1 aromatic heterocycles. The van der Waals surface area contributed by atoms with Crippen molar-refractivity contribution in [3.63, 3.8) is 0 Å². The van der Waals surface area contributed by atoms with Crippen LogP contribution in [0.3, 0.4) is 0 Å². The van der Waals surface area contributed by atoms with Crippen LogP contribution in [0.1, 0.15) is 28.0 Å². The molecule has 1 aliphatic rings. The standard InChI is InChI=1S/C13H13N3O2/c14-16-13(18)7-1-3-11-9(5-7)10-6-8(17)2-4-12(10)15-11/h1,3,5,15H,2,4,6,14H2,(H,16,18). The molecule has 0 radical (unpaired) electrons. The van der Waals surface area contributed by atoms with Gasteiger partial charge in [0.25, 0.3) is 5.91 Å². The number of benzene rings is 1. The van der Waals surface area contributed by atoms with Gasteiger partial charge in [0.2, 0.25) is 0 Å². The molecule has 5 nitrogen and oxygen atoms in total. The van der Waals surface area contributed by atoms with Gasteiger partial charge >= 0.3 is 0 Å². The molecule has 1 heterocycles. The minimum Gasteiger partial charge on any atom is -0.358 e. The lowest BCUT2D eigenvalue weighted by molar-refractivity contribution is -0.118. The zero-order valence-corrected chi connectivity index (χ0v) is 9.75. The predicted molar refractivity (Wildman–Crippen MR) is 67.0 cm³/mol. The number of hydrogen-bond acceptors (Lipinski definition) is 3. The molecule has 1 amide bonds. The van der Waals surface area contributed by atoms with Gasteiger partial charge in [0.05, 0.1) is 0 Å². The van der Waals surface area contributed by atoms with E-state index in [1.54, 1.807) is 12.1 Å². The van der Waals surface area contributed by atoms with E-state index in [4.69, 9.17) is 5.84 Å². The Morgan fingerprint density at radius 3 is 2.94 bits per heavy atom. The van der Waals surface area contributed by atoms with Crippen molar-refractivity contribution >= 4 is 22.6 Å². The smallest absolute Gasteiger partial charge is 0.265 e. The van der Waals surface area contributed by atoms with E-state index in [-0.39, 0.29) is 11.7 Å². The normalized spacial score (nSPS) is 14.6. The lowest BCUT2D eigenvalue weighted by Crippen LogP contribution is -2.29. The number of carbonyl (C=O) groups is 2. The summed E-state index contributed by atoms with van der Waals surface area (Å²) in [5, 5.41) is 0.944. The van der Waals surface area contributed by atoms with E-state index >= 15 is 0 Å². The second-order valence-corrected chi connectivity index (χ2v) is 4.53. The Morgan fingerprint density at radius 1 is 1.33 bits per heavy atom. The van der Waals surface area contributed by atoms with Gasteiger partial charge in [-0.05, 0) is 30.2 Å². The van der Waals surface area contributed by atoms with Gasteiger partial charge in [-0.25, -0.2) is 5.84 Å². The van der Waals surface area contributed by atoms with Crippen LogP contribution in [-0.2, 0) is 17.6 Å². The third-order valence-electron chi connectivity index (χ3n) is 3.42. The Labute approximate surface area is 103 Å². The van der Waals surface area contributed by atoms with E-state index in [0.717, 1.165) is 28.6 Å². The summed E-state index contributed by atoms with van der Waals surface area (Å²) >= 11 is 0. The van der Waals surface area contributed by atoms with Crippen molar-refractivity contribution in [3.8, 4) is 0 Å². The fourth-order valence-electron chi connectivity index (χ4n) is 2.49. The van der Waals surface area contributed by atoms with Crippen molar-refractivity contribution in [1.29, 1.82) is 0 Å². The molecule has 92 valence electrons. The largest absolute Gasteiger partial charge is 0.358 e. The van der Waals surface area contributed by atoms with Crippen molar-refractivity contribution in [3.05, 3.63) is 35.0 Å². The molecular weight excluding hydrogens is 230 g/mol. The Hall–Kier alpha value is -2.14. The van der Waals surface area contributed by atoms with Crippen LogP contribution in [0, 0.1) is 0 Å². The molecule has 0 atom stereocenters. The number of aromatic nitrogens is 1. The number of aromatic amines is 1. The van der Waals surface area contributed by atoms with Gasteiger partial charge in [0, 0.05) is 35.0 Å². The molecule has 18 heavy (non-hydrogen) atoms. The number of carbonyl (C=O) groups excluding carboxylic acids is 2. The molecule has 1 aliphatic carbocycles. The summed E-state index contributed by atoms with van der Waals surface area (Å²) in [6.07, 6.45) is 1.79. The average molecular weight is 243 g/mol.